The molecule has 1 fully saturated rings. The monoisotopic (exact) mass is 584 g/mol. The Morgan fingerprint density at radius 1 is 0.976 bits per heavy atom. The molecule has 2 aromatic rings. The third kappa shape index (κ3) is 5.17. The van der Waals surface area contributed by atoms with Crippen LogP contribution >= 0.6 is 0 Å². The maximum atomic E-state index is 12.3. The van der Waals surface area contributed by atoms with Gasteiger partial charge in [-0.2, -0.15) is 0 Å². The zero-order valence-corrected chi connectivity index (χ0v) is 26.6. The van der Waals surface area contributed by atoms with Crippen molar-refractivity contribution in [3.63, 3.8) is 0 Å². The number of aliphatic hydroxyl groups is 1. The number of benzene rings is 2. The fraction of sp³-hybridized carbons (Fsp3) is 0.562. The first kappa shape index (κ1) is 31.1. The fourth-order valence-corrected chi connectivity index (χ4v) is 13.5. The van der Waals surface area contributed by atoms with Crippen LogP contribution in [0.1, 0.15) is 92.2 Å². The van der Waals surface area contributed by atoms with Crippen LogP contribution in [-0.2, 0) is 18.8 Å². The van der Waals surface area contributed by atoms with Gasteiger partial charge in [0.2, 0.25) is 8.32 Å². The predicted octanol–water partition coefficient (Wildman–Crippen LogP) is 6.69. The van der Waals surface area contributed by atoms with Gasteiger partial charge in [0.1, 0.15) is 22.8 Å². The largest absolute Gasteiger partial charge is 0.507 e. The number of phenolic OH excluding ortho intramolecular Hbond substituents is 2. The molecule has 0 radical (unpaired) electrons. The van der Waals surface area contributed by atoms with E-state index in [1.54, 1.807) is 30.4 Å². The van der Waals surface area contributed by atoms with Crippen molar-refractivity contribution >= 4 is 37.1 Å². The average molecular weight is 585 g/mol. The van der Waals surface area contributed by atoms with Crippen LogP contribution < -0.4 is 4.74 Å². The summed E-state index contributed by atoms with van der Waals surface area (Å²) < 4.78 is 18.5. The predicted molar refractivity (Wildman–Crippen MR) is 161 cm³/mol. The number of phenols is 2. The molecule has 41 heavy (non-hydrogen) atoms. The summed E-state index contributed by atoms with van der Waals surface area (Å²) in [6, 6.07) is 4.84. The number of hydrogen-bond acceptors (Lipinski definition) is 8. The minimum Gasteiger partial charge on any atom is -0.507 e. The number of esters is 2. The van der Waals surface area contributed by atoms with Gasteiger partial charge in [-0.05, 0) is 29.6 Å². The van der Waals surface area contributed by atoms with E-state index < -0.39 is 43.5 Å². The normalized spacial score (nSPS) is 25.9. The van der Waals surface area contributed by atoms with E-state index in [-0.39, 0.29) is 45.7 Å². The number of rotatable bonds is 7. The van der Waals surface area contributed by atoms with E-state index in [4.69, 9.17) is 13.9 Å². The molecule has 1 saturated carbocycles. The number of ether oxygens (including phenoxy) is 2. The molecule has 0 saturated heterocycles. The molecule has 0 amide bonds. The minimum absolute atomic E-state index is 0.0887. The molecule has 2 aliphatic rings. The summed E-state index contributed by atoms with van der Waals surface area (Å²) in [6.07, 6.45) is 2.95. The lowest BCUT2D eigenvalue weighted by Crippen LogP contribution is -2.60. The van der Waals surface area contributed by atoms with E-state index in [9.17, 15) is 24.9 Å². The van der Waals surface area contributed by atoms with E-state index in [1.807, 2.05) is 6.92 Å². The standard InChI is InChI=1S/C32H44O8Si/c1-17(2)41(18(3)4,19(5)6)40-25-15-31(9,39-21(8)34)16-32(37)14-13-23-27(28(25)32)30(36)22-11-10-12-24(38-20(7)33)26(22)29(23)35/h10-14,17-19,25,28,35-37H,15-16H2,1-9H3/t25-,28-,31+,32+/m1/s1. The van der Waals surface area contributed by atoms with Crippen LogP contribution in [0.15, 0.2) is 24.3 Å². The van der Waals surface area contributed by atoms with Crippen LogP contribution in [0.25, 0.3) is 16.8 Å². The quantitative estimate of drug-likeness (QED) is 0.142. The second-order valence-corrected chi connectivity index (χ2v) is 18.4. The van der Waals surface area contributed by atoms with Crippen LogP contribution in [0.3, 0.4) is 0 Å². The molecule has 0 spiro atoms. The first-order chi connectivity index (χ1) is 19.0. The van der Waals surface area contributed by atoms with E-state index >= 15 is 0 Å². The molecule has 0 unspecified atom stereocenters. The van der Waals surface area contributed by atoms with E-state index in [2.05, 4.69) is 41.5 Å². The topological polar surface area (TPSA) is 123 Å². The van der Waals surface area contributed by atoms with Crippen molar-refractivity contribution < 1.29 is 38.8 Å². The van der Waals surface area contributed by atoms with Gasteiger partial charge in [0.25, 0.3) is 0 Å². The van der Waals surface area contributed by atoms with Crippen molar-refractivity contribution in [1.29, 1.82) is 0 Å². The lowest BCUT2D eigenvalue weighted by atomic mass is 9.62. The third-order valence-corrected chi connectivity index (χ3v) is 15.2. The molecule has 9 heteroatoms. The Kier molecular flexibility index (Phi) is 8.14. The summed E-state index contributed by atoms with van der Waals surface area (Å²) in [5.41, 5.74) is -1.15. The highest BCUT2D eigenvalue weighted by Gasteiger charge is 2.59. The van der Waals surface area contributed by atoms with Gasteiger partial charge in [-0.15, -0.1) is 0 Å². The zero-order valence-electron chi connectivity index (χ0n) is 25.6. The molecular weight excluding hydrogens is 540 g/mol. The Hall–Kier alpha value is -2.88. The molecule has 0 aromatic heterocycles. The van der Waals surface area contributed by atoms with Gasteiger partial charge in [-0.1, -0.05) is 65.8 Å². The van der Waals surface area contributed by atoms with Crippen molar-refractivity contribution in [3.8, 4) is 17.2 Å². The highest BCUT2D eigenvalue weighted by atomic mass is 28.4. The third-order valence-electron chi connectivity index (χ3n) is 9.08. The highest BCUT2D eigenvalue weighted by Crippen LogP contribution is 2.59. The first-order valence-corrected chi connectivity index (χ1v) is 16.6. The van der Waals surface area contributed by atoms with Gasteiger partial charge < -0.3 is 29.2 Å². The summed E-state index contributed by atoms with van der Waals surface area (Å²) in [5.74, 6) is -1.91. The Morgan fingerprint density at radius 3 is 2.12 bits per heavy atom. The molecular formula is C32H44O8Si. The molecule has 0 aliphatic heterocycles. The smallest absolute Gasteiger partial charge is 0.308 e. The fourth-order valence-electron chi connectivity index (χ4n) is 7.91. The minimum atomic E-state index is -2.54. The second kappa shape index (κ2) is 10.7. The SMILES string of the molecule is CC(=O)Oc1cccc2c(O)c3c(c(O)c12)C=C[C@]1(O)C[C@@](C)(OC(C)=O)C[C@@H](O[Si](C(C)C)(C(C)C)C(C)C)[C@H]31. The molecule has 2 aromatic carbocycles. The van der Waals surface area contributed by atoms with Crippen LogP contribution in [-0.4, -0.2) is 52.9 Å². The Morgan fingerprint density at radius 2 is 1.59 bits per heavy atom. The first-order valence-electron chi connectivity index (χ1n) is 14.4. The average Bonchev–Trinajstić information content (AvgIpc) is 2.82. The zero-order chi connectivity index (χ0) is 30.7. The van der Waals surface area contributed by atoms with Crippen LogP contribution in [0, 0.1) is 0 Å². The number of carbonyl (C=O) groups is 2. The molecule has 0 bridgehead atoms. The summed E-state index contributed by atoms with van der Waals surface area (Å²) in [6.45, 7) is 17.5. The number of fused-ring (bicyclic) bond motifs is 4. The maximum Gasteiger partial charge on any atom is 0.308 e. The number of aromatic hydroxyl groups is 2. The Labute approximate surface area is 243 Å². The number of hydrogen-bond donors (Lipinski definition) is 3. The molecule has 2 aliphatic carbocycles. The highest BCUT2D eigenvalue weighted by molar-refractivity contribution is 6.77. The van der Waals surface area contributed by atoms with E-state index in [1.165, 1.54) is 13.8 Å². The van der Waals surface area contributed by atoms with Crippen LogP contribution in [0.2, 0.25) is 16.6 Å². The van der Waals surface area contributed by atoms with E-state index in [0.29, 0.717) is 22.9 Å². The molecule has 4 atom stereocenters. The summed E-state index contributed by atoms with van der Waals surface area (Å²) in [5, 5.41) is 36.2. The van der Waals surface area contributed by atoms with Gasteiger partial charge in [0.15, 0.2) is 0 Å². The lowest BCUT2D eigenvalue weighted by Gasteiger charge is -2.55. The van der Waals surface area contributed by atoms with Crippen molar-refractivity contribution in [2.24, 2.45) is 0 Å². The number of carbonyl (C=O) groups excluding carboxylic acids is 2. The second-order valence-electron chi connectivity index (χ2n) is 13.0. The van der Waals surface area contributed by atoms with Gasteiger partial charge in [0, 0.05) is 49.1 Å². The Balaban J connectivity index is 2.01. The molecule has 8 nitrogen and oxygen atoms in total. The van der Waals surface area contributed by atoms with Gasteiger partial charge >= 0.3 is 11.9 Å². The molecule has 4 rings (SSSR count). The lowest BCUT2D eigenvalue weighted by molar-refractivity contribution is -0.176. The van der Waals surface area contributed by atoms with Crippen LogP contribution in [0.5, 0.6) is 17.2 Å². The summed E-state index contributed by atoms with van der Waals surface area (Å²) >= 11 is 0. The van der Waals surface area contributed by atoms with Crippen molar-refractivity contribution in [2.75, 3.05) is 0 Å². The van der Waals surface area contributed by atoms with Crippen LogP contribution in [0.4, 0.5) is 0 Å². The summed E-state index contributed by atoms with van der Waals surface area (Å²) in [4.78, 5) is 24.0. The summed E-state index contributed by atoms with van der Waals surface area (Å²) in [7, 11) is -2.54. The Bertz CT molecular complexity index is 1370. The van der Waals surface area contributed by atoms with Crippen molar-refractivity contribution in [3.05, 3.63) is 35.4 Å². The molecule has 3 N–H and O–H groups in total. The van der Waals surface area contributed by atoms with Crippen molar-refractivity contribution in [1.82, 2.24) is 0 Å². The molecule has 0 heterocycles. The maximum absolute atomic E-state index is 12.3. The van der Waals surface area contributed by atoms with Crippen molar-refractivity contribution in [2.45, 2.75) is 115 Å². The molecule has 224 valence electrons. The van der Waals surface area contributed by atoms with Gasteiger partial charge in [0.05, 0.1) is 17.1 Å². The van der Waals surface area contributed by atoms with Gasteiger partial charge in [-0.3, -0.25) is 9.59 Å². The van der Waals surface area contributed by atoms with Gasteiger partial charge in [-0.25, -0.2) is 0 Å². The van der Waals surface area contributed by atoms with E-state index in [0.717, 1.165) is 0 Å².